The van der Waals surface area contributed by atoms with E-state index in [0.717, 1.165) is 41.5 Å². The predicted molar refractivity (Wildman–Crippen MR) is 270 cm³/mol. The molecule has 0 saturated carbocycles. The minimum absolute atomic E-state index is 0.0663. The SMILES string of the molecule is CC(=O)O[C@@H]1[C@@H](OC(C)=O)[C@H](OCc2c(OC(=O)c3ccccc3)ccc3c2Oc2c(ccc(OC(=O)c4ccccc4)c2CO[C@@H]2OC[C@@H](OC(C)=O)[C@H](OC(C)=O)[C@H]2OC(C)=O)C32OC(=O)c3ccccc32)OC[C@H]1OC(C)=O. The molecule has 4 aliphatic rings. The van der Waals surface area contributed by atoms with E-state index < -0.39 is 135 Å². The summed E-state index contributed by atoms with van der Waals surface area (Å²) in [6.07, 6.45) is -11.8. The Morgan fingerprint density at radius 1 is 0.457 bits per heavy atom. The lowest BCUT2D eigenvalue weighted by Gasteiger charge is -2.41. The van der Waals surface area contributed by atoms with Crippen LogP contribution in [0.1, 0.15) is 100 Å². The van der Waals surface area contributed by atoms with Crippen LogP contribution in [0.4, 0.5) is 0 Å². The summed E-state index contributed by atoms with van der Waals surface area (Å²) in [6, 6.07) is 28.3. The summed E-state index contributed by atoms with van der Waals surface area (Å²) in [6.45, 7) is 4.42. The first-order chi connectivity index (χ1) is 38.8. The van der Waals surface area contributed by atoms with Crippen molar-refractivity contribution in [2.24, 2.45) is 0 Å². The van der Waals surface area contributed by atoms with Crippen LogP contribution in [0, 0.1) is 0 Å². The van der Waals surface area contributed by atoms with Crippen LogP contribution in [0.2, 0.25) is 0 Å². The van der Waals surface area contributed by atoms with Gasteiger partial charge < -0.3 is 66.3 Å². The molecule has 4 aliphatic heterocycles. The maximum atomic E-state index is 14.3. The molecule has 5 aromatic carbocycles. The molecule has 0 unspecified atom stereocenters. The van der Waals surface area contributed by atoms with E-state index in [0.29, 0.717) is 5.56 Å². The highest BCUT2D eigenvalue weighted by Gasteiger charge is 2.56. The summed E-state index contributed by atoms with van der Waals surface area (Å²) in [5.41, 5.74) is -1.07. The highest BCUT2D eigenvalue weighted by molar-refractivity contribution is 5.97. The van der Waals surface area contributed by atoms with Gasteiger partial charge in [0.05, 0.1) is 54.2 Å². The zero-order chi connectivity index (χ0) is 57.7. The minimum Gasteiger partial charge on any atom is -0.456 e. The Kier molecular flexibility index (Phi) is 16.9. The number of fused-ring (bicyclic) bond motifs is 6. The molecule has 8 atom stereocenters. The summed E-state index contributed by atoms with van der Waals surface area (Å²) in [5, 5.41) is 0. The Labute approximate surface area is 461 Å². The lowest BCUT2D eigenvalue weighted by atomic mass is 9.76. The van der Waals surface area contributed by atoms with E-state index in [9.17, 15) is 43.2 Å². The van der Waals surface area contributed by atoms with Gasteiger partial charge in [0.15, 0.2) is 54.8 Å². The fraction of sp³-hybridized carbons (Fsp3) is 0.328. The van der Waals surface area contributed by atoms with Crippen molar-refractivity contribution in [3.63, 3.8) is 0 Å². The zero-order valence-electron chi connectivity index (χ0n) is 44.2. The van der Waals surface area contributed by atoms with E-state index in [1.54, 1.807) is 60.7 Å². The van der Waals surface area contributed by atoms with Gasteiger partial charge in [0.2, 0.25) is 0 Å². The second-order valence-electron chi connectivity index (χ2n) is 18.7. The van der Waals surface area contributed by atoms with Crippen LogP contribution >= 0.6 is 0 Å². The smallest absolute Gasteiger partial charge is 0.343 e. The molecule has 2 fully saturated rings. The van der Waals surface area contributed by atoms with Crippen LogP contribution in [-0.2, 0) is 99.7 Å². The highest BCUT2D eigenvalue weighted by atomic mass is 16.7. The Morgan fingerprint density at radius 3 is 1.25 bits per heavy atom. The molecular formula is C58H52O23. The minimum atomic E-state index is -1.94. The Balaban J connectivity index is 1.22. The van der Waals surface area contributed by atoms with Crippen molar-refractivity contribution in [3.8, 4) is 23.0 Å². The van der Waals surface area contributed by atoms with Gasteiger partial charge in [-0.25, -0.2) is 14.4 Å². The molecule has 0 amide bonds. The predicted octanol–water partition coefficient (Wildman–Crippen LogP) is 6.03. The molecule has 0 N–H and O–H groups in total. The molecule has 5 aromatic rings. The van der Waals surface area contributed by atoms with Crippen molar-refractivity contribution in [2.45, 2.75) is 110 Å². The third kappa shape index (κ3) is 12.1. The molecule has 0 radical (unpaired) electrons. The van der Waals surface area contributed by atoms with Crippen LogP contribution in [0.15, 0.2) is 109 Å². The van der Waals surface area contributed by atoms with Gasteiger partial charge in [-0.2, -0.15) is 0 Å². The van der Waals surface area contributed by atoms with Crippen molar-refractivity contribution in [2.75, 3.05) is 13.2 Å². The second kappa shape index (κ2) is 24.1. The number of esters is 9. The van der Waals surface area contributed by atoms with Gasteiger partial charge in [-0.3, -0.25) is 28.8 Å². The Hall–Kier alpha value is -9.03. The maximum Gasteiger partial charge on any atom is 0.343 e. The van der Waals surface area contributed by atoms with Gasteiger partial charge in [-0.15, -0.1) is 0 Å². The summed E-state index contributed by atoms with van der Waals surface area (Å²) >= 11 is 0. The number of benzene rings is 5. The van der Waals surface area contributed by atoms with E-state index in [-0.39, 0.29) is 61.9 Å². The third-order valence-electron chi connectivity index (χ3n) is 13.0. The van der Waals surface area contributed by atoms with E-state index in [4.69, 9.17) is 66.3 Å². The van der Waals surface area contributed by atoms with Crippen LogP contribution in [0.5, 0.6) is 23.0 Å². The number of hydrogen-bond donors (Lipinski definition) is 0. The van der Waals surface area contributed by atoms with Gasteiger partial charge >= 0.3 is 53.7 Å². The molecule has 0 aromatic heterocycles. The van der Waals surface area contributed by atoms with Crippen LogP contribution < -0.4 is 14.2 Å². The summed E-state index contributed by atoms with van der Waals surface area (Å²) in [5.74, 6) is -8.06. The first kappa shape index (κ1) is 56.7. The van der Waals surface area contributed by atoms with Gasteiger partial charge in [-0.05, 0) is 54.6 Å². The molecule has 1 spiro atoms. The van der Waals surface area contributed by atoms with Crippen molar-refractivity contribution >= 4 is 53.7 Å². The van der Waals surface area contributed by atoms with Crippen LogP contribution in [0.25, 0.3) is 0 Å². The van der Waals surface area contributed by atoms with Crippen molar-refractivity contribution in [1.29, 1.82) is 0 Å². The van der Waals surface area contributed by atoms with Crippen LogP contribution in [0.3, 0.4) is 0 Å². The van der Waals surface area contributed by atoms with E-state index >= 15 is 0 Å². The monoisotopic (exact) mass is 1120 g/mol. The quantitative estimate of drug-likeness (QED) is 0.0619. The second-order valence-corrected chi connectivity index (χ2v) is 18.7. The molecular weight excluding hydrogens is 1060 g/mol. The molecule has 422 valence electrons. The van der Waals surface area contributed by atoms with Gasteiger partial charge in [0.1, 0.15) is 23.0 Å². The zero-order valence-corrected chi connectivity index (χ0v) is 44.2. The fourth-order valence-electron chi connectivity index (χ4n) is 9.84. The Morgan fingerprint density at radius 2 is 0.840 bits per heavy atom. The lowest BCUT2D eigenvalue weighted by molar-refractivity contribution is -0.283. The lowest BCUT2D eigenvalue weighted by Crippen LogP contribution is -2.58. The standard InChI is InChI=1S/C58H52O23/c1-29(59)72-45-27-70-56(51(76-33(5)63)49(45)74-31(3)61)68-25-38-43(78-53(65)35-15-9-7-10-16-35)23-21-41-47(38)80-48-39(26-69-57-52(77-34(6)64)50(75-32(4)62)46(28-71-57)73-30(2)60)44(79-54(66)36-17-11-8-12-18-36)24-22-42(48)58(41)40-20-14-13-19-37(40)55(67)81-58/h7-24,45-46,49-52,56-57H,25-28H2,1-6H3/t45-,46-,49+,50+,51-,52-,56-,57-/m1/s1. The molecule has 23 heteroatoms. The number of carbonyl (C=O) groups is 9. The molecule has 0 aliphatic carbocycles. The largest absolute Gasteiger partial charge is 0.456 e. The summed E-state index contributed by atoms with van der Waals surface area (Å²) in [4.78, 5) is 117. The average molecular weight is 1120 g/mol. The first-order valence-corrected chi connectivity index (χ1v) is 25.2. The molecule has 23 nitrogen and oxygen atoms in total. The number of ether oxygens (including phenoxy) is 14. The van der Waals surface area contributed by atoms with Crippen molar-refractivity contribution in [3.05, 3.63) is 154 Å². The average Bonchev–Trinajstić information content (AvgIpc) is 3.91. The third-order valence-corrected chi connectivity index (χ3v) is 13.0. The molecule has 2 saturated heterocycles. The topological polar surface area (TPSA) is 283 Å². The maximum absolute atomic E-state index is 14.3. The van der Waals surface area contributed by atoms with Gasteiger partial charge in [0, 0.05) is 58.2 Å². The number of rotatable bonds is 16. The van der Waals surface area contributed by atoms with Gasteiger partial charge in [-0.1, -0.05) is 54.6 Å². The fourth-order valence-corrected chi connectivity index (χ4v) is 9.84. The van der Waals surface area contributed by atoms with Crippen LogP contribution in [-0.4, -0.2) is 116 Å². The molecule has 9 rings (SSSR count). The van der Waals surface area contributed by atoms with Crippen molar-refractivity contribution in [1.82, 2.24) is 0 Å². The molecule has 0 bridgehead atoms. The highest BCUT2D eigenvalue weighted by Crippen LogP contribution is 2.60. The van der Waals surface area contributed by atoms with E-state index in [2.05, 4.69) is 0 Å². The Bertz CT molecular complexity index is 3100. The van der Waals surface area contributed by atoms with Gasteiger partial charge in [0.25, 0.3) is 0 Å². The number of hydrogen-bond acceptors (Lipinski definition) is 23. The van der Waals surface area contributed by atoms with E-state index in [1.165, 1.54) is 48.5 Å². The number of carbonyl (C=O) groups excluding carboxylic acids is 9. The van der Waals surface area contributed by atoms with E-state index in [1.807, 2.05) is 0 Å². The molecule has 4 heterocycles. The summed E-state index contributed by atoms with van der Waals surface area (Å²) in [7, 11) is 0. The first-order valence-electron chi connectivity index (χ1n) is 25.2. The van der Waals surface area contributed by atoms with Crippen molar-refractivity contribution < 1.29 is 109 Å². The molecule has 81 heavy (non-hydrogen) atoms. The normalized spacial score (nSPS) is 21.9. The summed E-state index contributed by atoms with van der Waals surface area (Å²) < 4.78 is 83.9.